The number of aryl methyl sites for hydroxylation is 1. The molecule has 1 N–H and O–H groups in total. The number of rotatable bonds is 6. The van der Waals surface area contributed by atoms with E-state index in [1.807, 2.05) is 48.1 Å². The first-order chi connectivity index (χ1) is 15.8. The maximum absolute atomic E-state index is 13.3. The molecule has 0 aliphatic carbocycles. The average molecular weight is 467 g/mol. The van der Waals surface area contributed by atoms with Crippen molar-refractivity contribution in [2.75, 3.05) is 13.1 Å². The molecular formula is C25H30N4O3S. The van der Waals surface area contributed by atoms with Gasteiger partial charge in [0.05, 0.1) is 4.90 Å². The lowest BCUT2D eigenvalue weighted by Gasteiger charge is -2.34. The first kappa shape index (κ1) is 23.2. The molecule has 33 heavy (non-hydrogen) atoms. The number of imidazole rings is 1. The normalized spacial score (nSPS) is 20.3. The fraction of sp³-hybridized carbons (Fsp3) is 0.360. The lowest BCUT2D eigenvalue weighted by Crippen LogP contribution is -2.42. The van der Waals surface area contributed by atoms with Gasteiger partial charge < -0.3 is 9.88 Å². The van der Waals surface area contributed by atoms with Crippen molar-refractivity contribution in [3.63, 3.8) is 0 Å². The highest BCUT2D eigenvalue weighted by Crippen LogP contribution is 2.27. The summed E-state index contributed by atoms with van der Waals surface area (Å²) in [5, 5.41) is 3.03. The predicted octanol–water partition coefficient (Wildman–Crippen LogP) is 3.61. The topological polar surface area (TPSA) is 84.3 Å². The Morgan fingerprint density at radius 2 is 1.76 bits per heavy atom. The Balaban J connectivity index is 1.61. The highest BCUT2D eigenvalue weighted by atomic mass is 32.2. The average Bonchev–Trinajstić information content (AvgIpc) is 3.23. The molecule has 1 aromatic heterocycles. The molecule has 2 aromatic carbocycles. The Labute approximate surface area is 195 Å². The molecule has 1 saturated heterocycles. The van der Waals surface area contributed by atoms with Gasteiger partial charge in [-0.2, -0.15) is 4.31 Å². The van der Waals surface area contributed by atoms with Crippen LogP contribution >= 0.6 is 0 Å². The molecule has 4 rings (SSSR count). The molecule has 174 valence electrons. The van der Waals surface area contributed by atoms with Crippen molar-refractivity contribution in [1.82, 2.24) is 19.2 Å². The zero-order chi connectivity index (χ0) is 23.6. The van der Waals surface area contributed by atoms with Crippen LogP contribution in [0.25, 0.3) is 0 Å². The van der Waals surface area contributed by atoms with Crippen LogP contribution in [0.5, 0.6) is 0 Å². The molecule has 0 radical (unpaired) electrons. The molecule has 1 fully saturated rings. The van der Waals surface area contributed by atoms with Gasteiger partial charge in [-0.25, -0.2) is 13.4 Å². The van der Waals surface area contributed by atoms with Gasteiger partial charge in [0.15, 0.2) is 0 Å². The highest BCUT2D eigenvalue weighted by Gasteiger charge is 2.32. The first-order valence-corrected chi connectivity index (χ1v) is 12.6. The van der Waals surface area contributed by atoms with E-state index in [9.17, 15) is 13.2 Å². The van der Waals surface area contributed by atoms with Gasteiger partial charge in [0.2, 0.25) is 10.0 Å². The largest absolute Gasteiger partial charge is 0.338 e. The lowest BCUT2D eigenvalue weighted by molar-refractivity contribution is 0.0941. The number of piperidine rings is 1. The molecule has 8 heteroatoms. The van der Waals surface area contributed by atoms with Crippen molar-refractivity contribution in [2.24, 2.45) is 18.9 Å². The summed E-state index contributed by atoms with van der Waals surface area (Å²) in [5.41, 5.74) is 1.18. The third kappa shape index (κ3) is 5.02. The summed E-state index contributed by atoms with van der Waals surface area (Å²) in [4.78, 5) is 17.8. The van der Waals surface area contributed by atoms with E-state index in [4.69, 9.17) is 0 Å². The van der Waals surface area contributed by atoms with Crippen LogP contribution in [0, 0.1) is 11.8 Å². The van der Waals surface area contributed by atoms with Gasteiger partial charge in [-0.3, -0.25) is 4.79 Å². The number of aromatic nitrogens is 2. The summed E-state index contributed by atoms with van der Waals surface area (Å²) in [6, 6.07) is 15.4. The molecule has 0 spiro atoms. The Morgan fingerprint density at radius 1 is 1.06 bits per heavy atom. The van der Waals surface area contributed by atoms with Crippen LogP contribution in [0.4, 0.5) is 0 Å². The van der Waals surface area contributed by atoms with Crippen molar-refractivity contribution in [3.05, 3.63) is 83.9 Å². The van der Waals surface area contributed by atoms with Crippen LogP contribution in [0.1, 0.15) is 48.1 Å². The number of amides is 1. The van der Waals surface area contributed by atoms with Gasteiger partial charge in [-0.15, -0.1) is 0 Å². The van der Waals surface area contributed by atoms with Gasteiger partial charge in [0, 0.05) is 38.1 Å². The van der Waals surface area contributed by atoms with E-state index in [2.05, 4.69) is 24.1 Å². The van der Waals surface area contributed by atoms with E-state index in [1.54, 1.807) is 28.7 Å². The van der Waals surface area contributed by atoms with Crippen LogP contribution < -0.4 is 5.32 Å². The van der Waals surface area contributed by atoms with Crippen LogP contribution in [0.3, 0.4) is 0 Å². The molecule has 7 nitrogen and oxygen atoms in total. The first-order valence-electron chi connectivity index (χ1n) is 11.2. The van der Waals surface area contributed by atoms with Crippen LogP contribution in [-0.4, -0.2) is 41.3 Å². The summed E-state index contributed by atoms with van der Waals surface area (Å²) in [6.45, 7) is 5.14. The molecule has 2 heterocycles. The summed E-state index contributed by atoms with van der Waals surface area (Å²) in [6.07, 6.45) is 4.53. The molecule has 3 atom stereocenters. The van der Waals surface area contributed by atoms with Crippen molar-refractivity contribution >= 4 is 15.9 Å². The third-order valence-corrected chi connectivity index (χ3v) is 7.92. The Kier molecular flexibility index (Phi) is 6.67. The SMILES string of the molecule is C[C@@H]1C[C@@H](C)CN(S(=O)(=O)c2cccc(C(=O)N[C@H](c3ccccc3)c3nccn3C)c2)C1. The predicted molar refractivity (Wildman–Crippen MR) is 127 cm³/mol. The quantitative estimate of drug-likeness (QED) is 0.602. The molecule has 1 aliphatic heterocycles. The number of hydrogen-bond acceptors (Lipinski definition) is 4. The number of nitrogens with zero attached hydrogens (tertiary/aromatic N) is 3. The summed E-state index contributed by atoms with van der Waals surface area (Å²) < 4.78 is 30.0. The summed E-state index contributed by atoms with van der Waals surface area (Å²) >= 11 is 0. The summed E-state index contributed by atoms with van der Waals surface area (Å²) in [7, 11) is -1.80. The molecule has 0 saturated carbocycles. The number of sulfonamides is 1. The van der Waals surface area contributed by atoms with E-state index in [1.165, 1.54) is 6.07 Å². The Bertz CT molecular complexity index is 1210. The van der Waals surface area contributed by atoms with Crippen LogP contribution in [0.15, 0.2) is 71.9 Å². The number of benzene rings is 2. The maximum atomic E-state index is 13.3. The van der Waals surface area contributed by atoms with Gasteiger partial charge >= 0.3 is 0 Å². The summed E-state index contributed by atoms with van der Waals surface area (Å²) in [5.74, 6) is 0.942. The van der Waals surface area contributed by atoms with E-state index in [0.717, 1.165) is 12.0 Å². The monoisotopic (exact) mass is 466 g/mol. The van der Waals surface area contributed by atoms with Crippen molar-refractivity contribution < 1.29 is 13.2 Å². The van der Waals surface area contributed by atoms with E-state index in [0.29, 0.717) is 36.3 Å². The highest BCUT2D eigenvalue weighted by molar-refractivity contribution is 7.89. The third-order valence-electron chi connectivity index (χ3n) is 6.09. The molecule has 1 aliphatic rings. The van der Waals surface area contributed by atoms with Crippen molar-refractivity contribution in [1.29, 1.82) is 0 Å². The number of carbonyl (C=O) groups is 1. The lowest BCUT2D eigenvalue weighted by atomic mass is 9.94. The smallest absolute Gasteiger partial charge is 0.252 e. The molecule has 1 amide bonds. The maximum Gasteiger partial charge on any atom is 0.252 e. The second-order valence-corrected chi connectivity index (χ2v) is 10.9. The van der Waals surface area contributed by atoms with Crippen molar-refractivity contribution in [2.45, 2.75) is 31.2 Å². The minimum Gasteiger partial charge on any atom is -0.338 e. The number of nitrogens with one attached hydrogen (secondary N) is 1. The molecule has 3 aromatic rings. The fourth-order valence-corrected chi connectivity index (χ4v) is 6.29. The molecular weight excluding hydrogens is 436 g/mol. The van der Waals surface area contributed by atoms with Gasteiger partial charge in [-0.05, 0) is 42.0 Å². The number of carbonyl (C=O) groups excluding carboxylic acids is 1. The van der Waals surface area contributed by atoms with Crippen LogP contribution in [-0.2, 0) is 17.1 Å². The van der Waals surface area contributed by atoms with Gasteiger partial charge in [0.25, 0.3) is 5.91 Å². The van der Waals surface area contributed by atoms with Gasteiger partial charge in [0.1, 0.15) is 11.9 Å². The van der Waals surface area contributed by atoms with Crippen LogP contribution in [0.2, 0.25) is 0 Å². The zero-order valence-electron chi connectivity index (χ0n) is 19.2. The standard InChI is InChI=1S/C25H30N4O3S/c1-18-14-19(2)17-29(16-18)33(31,32)22-11-7-10-21(15-22)25(30)27-23(20-8-5-4-6-9-20)24-26-12-13-28(24)3/h4-13,15,18-19,23H,14,16-17H2,1-3H3,(H,27,30)/t18-,19-,23-/m1/s1. The Hall–Kier alpha value is -2.97. The fourth-order valence-electron chi connectivity index (χ4n) is 4.56. The minimum atomic E-state index is -3.68. The molecule has 0 bridgehead atoms. The van der Waals surface area contributed by atoms with E-state index in [-0.39, 0.29) is 10.8 Å². The van der Waals surface area contributed by atoms with Crippen molar-refractivity contribution in [3.8, 4) is 0 Å². The second-order valence-electron chi connectivity index (χ2n) is 9.01. The van der Waals surface area contributed by atoms with Gasteiger partial charge in [-0.1, -0.05) is 50.2 Å². The minimum absolute atomic E-state index is 0.143. The number of hydrogen-bond donors (Lipinski definition) is 1. The van der Waals surface area contributed by atoms with E-state index < -0.39 is 16.1 Å². The Morgan fingerprint density at radius 3 is 2.39 bits per heavy atom. The molecule has 0 unspecified atom stereocenters. The van der Waals surface area contributed by atoms with E-state index >= 15 is 0 Å². The second kappa shape index (κ2) is 9.49. The zero-order valence-corrected chi connectivity index (χ0v) is 20.0.